The molecule has 0 saturated carbocycles. The lowest BCUT2D eigenvalue weighted by Gasteiger charge is -2.09. The van der Waals surface area contributed by atoms with E-state index in [0.29, 0.717) is 16.3 Å². The fourth-order valence-corrected chi connectivity index (χ4v) is 1.80. The van der Waals surface area contributed by atoms with Crippen LogP contribution in [0.25, 0.3) is 0 Å². The summed E-state index contributed by atoms with van der Waals surface area (Å²) in [4.78, 5) is 10.9. The highest BCUT2D eigenvalue weighted by Gasteiger charge is 2.10. The van der Waals surface area contributed by atoms with Gasteiger partial charge in [0.05, 0.1) is 5.56 Å². The molecule has 2 aromatic carbocycles. The van der Waals surface area contributed by atoms with E-state index < -0.39 is 11.8 Å². The summed E-state index contributed by atoms with van der Waals surface area (Å²) in [7, 11) is 0. The molecule has 2 rings (SSSR count). The van der Waals surface area contributed by atoms with Crippen molar-refractivity contribution < 1.29 is 19.0 Å². The number of carbonyl (C=O) groups is 1. The first-order chi connectivity index (χ1) is 9.47. The molecule has 0 heterocycles. The van der Waals surface area contributed by atoms with E-state index in [4.69, 9.17) is 27.2 Å². The van der Waals surface area contributed by atoms with Crippen molar-refractivity contribution in [2.24, 2.45) is 0 Å². The topological polar surface area (TPSA) is 72.5 Å². The van der Waals surface area contributed by atoms with Crippen LogP contribution in [0.1, 0.15) is 15.9 Å². The largest absolute Gasteiger partial charge is 0.489 e. The molecule has 0 aromatic heterocycles. The highest BCUT2D eigenvalue weighted by molar-refractivity contribution is 6.31. The predicted octanol–water partition coefficient (Wildman–Crippen LogP) is 3.34. The Bertz CT molecular complexity index is 661. The average molecular weight is 296 g/mol. The Morgan fingerprint density at radius 3 is 2.75 bits per heavy atom. The Labute approximate surface area is 119 Å². The SMILES string of the molecule is Nc1ccc(OCc2cc(F)ccc2Cl)cc1C(=O)O. The molecule has 0 aliphatic carbocycles. The van der Waals surface area contributed by atoms with Gasteiger partial charge in [-0.2, -0.15) is 0 Å². The minimum Gasteiger partial charge on any atom is -0.489 e. The van der Waals surface area contributed by atoms with Crippen molar-refractivity contribution in [3.8, 4) is 5.75 Å². The maximum Gasteiger partial charge on any atom is 0.337 e. The molecule has 3 N–H and O–H groups in total. The van der Waals surface area contributed by atoms with Crippen molar-refractivity contribution in [3.05, 3.63) is 58.4 Å². The fourth-order valence-electron chi connectivity index (χ4n) is 1.63. The Morgan fingerprint density at radius 2 is 2.05 bits per heavy atom. The standard InChI is InChI=1S/C14H11ClFNO3/c15-12-3-1-9(16)5-8(12)7-20-10-2-4-13(17)11(6-10)14(18)19/h1-6H,7,17H2,(H,18,19). The minimum atomic E-state index is -1.14. The van der Waals surface area contributed by atoms with Crippen molar-refractivity contribution in [3.63, 3.8) is 0 Å². The molecule has 0 atom stereocenters. The van der Waals surface area contributed by atoms with Crippen LogP contribution in [-0.4, -0.2) is 11.1 Å². The van der Waals surface area contributed by atoms with Gasteiger partial charge >= 0.3 is 5.97 Å². The van der Waals surface area contributed by atoms with Gasteiger partial charge in [0.25, 0.3) is 0 Å². The number of rotatable bonds is 4. The second-order valence-corrected chi connectivity index (χ2v) is 4.49. The first kappa shape index (κ1) is 14.1. The summed E-state index contributed by atoms with van der Waals surface area (Å²) >= 11 is 5.91. The van der Waals surface area contributed by atoms with Crippen LogP contribution in [0.3, 0.4) is 0 Å². The predicted molar refractivity (Wildman–Crippen MR) is 73.6 cm³/mol. The second-order valence-electron chi connectivity index (χ2n) is 4.08. The third-order valence-corrected chi connectivity index (χ3v) is 3.03. The zero-order chi connectivity index (χ0) is 14.7. The van der Waals surface area contributed by atoms with E-state index in [0.717, 1.165) is 0 Å². The van der Waals surface area contributed by atoms with E-state index in [1.807, 2.05) is 0 Å². The van der Waals surface area contributed by atoms with Crippen molar-refractivity contribution in [2.45, 2.75) is 6.61 Å². The molecule has 0 radical (unpaired) electrons. The normalized spacial score (nSPS) is 10.3. The van der Waals surface area contributed by atoms with Gasteiger partial charge in [-0.3, -0.25) is 0 Å². The number of anilines is 1. The van der Waals surface area contributed by atoms with Crippen LogP contribution >= 0.6 is 11.6 Å². The zero-order valence-corrected chi connectivity index (χ0v) is 11.0. The van der Waals surface area contributed by atoms with Gasteiger partial charge in [0.2, 0.25) is 0 Å². The average Bonchev–Trinajstić information content (AvgIpc) is 2.41. The van der Waals surface area contributed by atoms with E-state index in [-0.39, 0.29) is 17.9 Å². The molecule has 0 aliphatic heterocycles. The quantitative estimate of drug-likeness (QED) is 0.849. The van der Waals surface area contributed by atoms with Crippen molar-refractivity contribution in [2.75, 3.05) is 5.73 Å². The molecule has 104 valence electrons. The molecule has 0 unspecified atom stereocenters. The highest BCUT2D eigenvalue weighted by atomic mass is 35.5. The van der Waals surface area contributed by atoms with Gasteiger partial charge in [0.15, 0.2) is 0 Å². The first-order valence-corrected chi connectivity index (χ1v) is 6.04. The van der Waals surface area contributed by atoms with E-state index in [1.54, 1.807) is 0 Å². The number of nitrogens with two attached hydrogens (primary N) is 1. The van der Waals surface area contributed by atoms with Gasteiger partial charge in [-0.15, -0.1) is 0 Å². The number of benzene rings is 2. The van der Waals surface area contributed by atoms with Gasteiger partial charge < -0.3 is 15.6 Å². The van der Waals surface area contributed by atoms with Crippen molar-refractivity contribution in [1.29, 1.82) is 0 Å². The van der Waals surface area contributed by atoms with E-state index >= 15 is 0 Å². The summed E-state index contributed by atoms with van der Waals surface area (Å²) in [6.07, 6.45) is 0. The Kier molecular flexibility index (Phi) is 4.10. The van der Waals surface area contributed by atoms with E-state index in [2.05, 4.69) is 0 Å². The van der Waals surface area contributed by atoms with Crippen LogP contribution in [0, 0.1) is 5.82 Å². The van der Waals surface area contributed by atoms with Crippen LogP contribution in [0.15, 0.2) is 36.4 Å². The number of aromatic carboxylic acids is 1. The first-order valence-electron chi connectivity index (χ1n) is 5.67. The third kappa shape index (κ3) is 3.19. The highest BCUT2D eigenvalue weighted by Crippen LogP contribution is 2.23. The Morgan fingerprint density at radius 1 is 1.30 bits per heavy atom. The van der Waals surface area contributed by atoms with Crippen LogP contribution < -0.4 is 10.5 Å². The molecule has 2 aromatic rings. The van der Waals surface area contributed by atoms with E-state index in [9.17, 15) is 9.18 Å². The molecule has 4 nitrogen and oxygen atoms in total. The monoisotopic (exact) mass is 295 g/mol. The Hall–Kier alpha value is -2.27. The second kappa shape index (κ2) is 5.79. The lowest BCUT2D eigenvalue weighted by molar-refractivity contribution is 0.0697. The molecule has 0 fully saturated rings. The van der Waals surface area contributed by atoms with Crippen LogP contribution in [-0.2, 0) is 6.61 Å². The van der Waals surface area contributed by atoms with Gasteiger partial charge in [-0.05, 0) is 36.4 Å². The lowest BCUT2D eigenvalue weighted by atomic mass is 10.1. The molecular formula is C14H11ClFNO3. The van der Waals surface area contributed by atoms with Gasteiger partial charge in [-0.25, -0.2) is 9.18 Å². The maximum atomic E-state index is 13.1. The number of halogens is 2. The third-order valence-electron chi connectivity index (χ3n) is 2.66. The molecule has 0 spiro atoms. The molecule has 0 amide bonds. The lowest BCUT2D eigenvalue weighted by Crippen LogP contribution is -2.04. The van der Waals surface area contributed by atoms with Gasteiger partial charge in [-0.1, -0.05) is 11.6 Å². The molecule has 0 aliphatic rings. The molecule has 0 saturated heterocycles. The number of carboxylic acids is 1. The van der Waals surface area contributed by atoms with Crippen LogP contribution in [0.2, 0.25) is 5.02 Å². The smallest absolute Gasteiger partial charge is 0.337 e. The molecule has 20 heavy (non-hydrogen) atoms. The molecular weight excluding hydrogens is 285 g/mol. The summed E-state index contributed by atoms with van der Waals surface area (Å²) < 4.78 is 18.5. The van der Waals surface area contributed by atoms with Gasteiger partial charge in [0.1, 0.15) is 18.2 Å². The van der Waals surface area contributed by atoms with Crippen molar-refractivity contribution >= 4 is 23.3 Å². The number of nitrogen functional groups attached to an aromatic ring is 1. The zero-order valence-electron chi connectivity index (χ0n) is 10.3. The summed E-state index contributed by atoms with van der Waals surface area (Å²) in [6.45, 7) is 0.0274. The maximum absolute atomic E-state index is 13.1. The minimum absolute atomic E-state index is 0.0274. The molecule has 0 bridgehead atoms. The number of hydrogen-bond acceptors (Lipinski definition) is 3. The summed E-state index contributed by atoms with van der Waals surface area (Å²) in [6, 6.07) is 8.22. The van der Waals surface area contributed by atoms with Crippen molar-refractivity contribution in [1.82, 2.24) is 0 Å². The number of ether oxygens (including phenoxy) is 1. The van der Waals surface area contributed by atoms with Gasteiger partial charge in [0, 0.05) is 16.3 Å². The number of carboxylic acid groups (broad SMARTS) is 1. The van der Waals surface area contributed by atoms with Crippen LogP contribution in [0.4, 0.5) is 10.1 Å². The summed E-state index contributed by atoms with van der Waals surface area (Å²) in [5.41, 5.74) is 6.11. The Balaban J connectivity index is 2.17. The summed E-state index contributed by atoms with van der Waals surface area (Å²) in [5.74, 6) is -1.25. The number of hydrogen-bond donors (Lipinski definition) is 2. The fraction of sp³-hybridized carbons (Fsp3) is 0.0714. The molecule has 6 heteroatoms. The van der Waals surface area contributed by atoms with Crippen LogP contribution in [0.5, 0.6) is 5.75 Å². The van der Waals surface area contributed by atoms with E-state index in [1.165, 1.54) is 36.4 Å². The summed E-state index contributed by atoms with van der Waals surface area (Å²) in [5, 5.41) is 9.32.